The third kappa shape index (κ3) is 3.12. The van der Waals surface area contributed by atoms with Crippen LogP contribution in [-0.2, 0) is 0 Å². The van der Waals surface area contributed by atoms with Gasteiger partial charge < -0.3 is 9.84 Å². The first-order valence-corrected chi connectivity index (χ1v) is 7.00. The second-order valence-electron chi connectivity index (χ2n) is 4.66. The van der Waals surface area contributed by atoms with Crippen molar-refractivity contribution in [3.8, 4) is 28.7 Å². The molecule has 0 unspecified atom stereocenters. The summed E-state index contributed by atoms with van der Waals surface area (Å²) in [5.41, 5.74) is 1.89. The van der Waals surface area contributed by atoms with Gasteiger partial charge in [0.1, 0.15) is 11.5 Å². The van der Waals surface area contributed by atoms with Crippen molar-refractivity contribution in [1.29, 1.82) is 5.26 Å². The normalized spacial score (nSPS) is 10.3. The first-order valence-electron chi connectivity index (χ1n) is 6.21. The molecule has 2 aromatic rings. The fraction of sp³-hybridized carbons (Fsp3) is 0.188. The van der Waals surface area contributed by atoms with E-state index in [1.165, 1.54) is 0 Å². The predicted molar refractivity (Wildman–Crippen MR) is 81.7 cm³/mol. The van der Waals surface area contributed by atoms with Crippen molar-refractivity contribution in [1.82, 2.24) is 0 Å². The molecule has 0 saturated heterocycles. The topological polar surface area (TPSA) is 53.2 Å². The van der Waals surface area contributed by atoms with Crippen LogP contribution in [0, 0.1) is 11.3 Å². The zero-order valence-corrected chi connectivity index (χ0v) is 12.8. The third-order valence-corrected chi connectivity index (χ3v) is 3.31. The highest BCUT2D eigenvalue weighted by atomic mass is 79.9. The van der Waals surface area contributed by atoms with Gasteiger partial charge in [0.25, 0.3) is 0 Å². The standard InChI is InChI=1S/C16H14BrNO2/c1-10(2)20-13-5-3-4-12(8-13)14-6-11(9-18)7-15(17)16(14)19/h3-8,10,19H,1-2H3. The number of rotatable bonds is 3. The Kier molecular flexibility index (Phi) is 4.31. The minimum absolute atomic E-state index is 0.0797. The van der Waals surface area contributed by atoms with E-state index in [-0.39, 0.29) is 11.9 Å². The van der Waals surface area contributed by atoms with Gasteiger partial charge in [0.15, 0.2) is 0 Å². The number of phenols is 1. The Morgan fingerprint density at radius 1 is 1.25 bits per heavy atom. The number of nitrogens with zero attached hydrogens (tertiary/aromatic N) is 1. The maximum atomic E-state index is 10.1. The van der Waals surface area contributed by atoms with Crippen LogP contribution in [0.2, 0.25) is 0 Å². The molecular weight excluding hydrogens is 318 g/mol. The number of phenolic OH excluding ortho intramolecular Hbond substituents is 1. The number of aromatic hydroxyl groups is 1. The number of hydrogen-bond donors (Lipinski definition) is 1. The van der Waals surface area contributed by atoms with Gasteiger partial charge in [0.2, 0.25) is 0 Å². The largest absolute Gasteiger partial charge is 0.506 e. The SMILES string of the molecule is CC(C)Oc1cccc(-c2cc(C#N)cc(Br)c2O)c1. The van der Waals surface area contributed by atoms with E-state index in [4.69, 9.17) is 10.00 Å². The molecule has 3 nitrogen and oxygen atoms in total. The van der Waals surface area contributed by atoms with E-state index in [0.717, 1.165) is 11.3 Å². The molecule has 0 bridgehead atoms. The Morgan fingerprint density at radius 3 is 2.65 bits per heavy atom. The number of benzene rings is 2. The monoisotopic (exact) mass is 331 g/mol. The van der Waals surface area contributed by atoms with E-state index < -0.39 is 0 Å². The van der Waals surface area contributed by atoms with Crippen LogP contribution < -0.4 is 4.74 Å². The molecule has 0 aliphatic carbocycles. The summed E-state index contributed by atoms with van der Waals surface area (Å²) in [5, 5.41) is 19.2. The predicted octanol–water partition coefficient (Wildman–Crippen LogP) is 4.48. The average Bonchev–Trinajstić information content (AvgIpc) is 2.41. The maximum Gasteiger partial charge on any atom is 0.137 e. The molecule has 1 N–H and O–H groups in total. The molecule has 2 rings (SSSR count). The van der Waals surface area contributed by atoms with Crippen molar-refractivity contribution in [3.63, 3.8) is 0 Å². The Labute approximate surface area is 126 Å². The van der Waals surface area contributed by atoms with Crippen LogP contribution in [0.5, 0.6) is 11.5 Å². The van der Waals surface area contributed by atoms with E-state index in [1.807, 2.05) is 38.1 Å². The molecule has 0 spiro atoms. The lowest BCUT2D eigenvalue weighted by molar-refractivity contribution is 0.242. The molecule has 20 heavy (non-hydrogen) atoms. The molecule has 2 aromatic carbocycles. The van der Waals surface area contributed by atoms with Crippen molar-refractivity contribution in [3.05, 3.63) is 46.4 Å². The molecule has 0 aromatic heterocycles. The molecule has 0 amide bonds. The van der Waals surface area contributed by atoms with Crippen LogP contribution in [0.3, 0.4) is 0 Å². The fourth-order valence-corrected chi connectivity index (χ4v) is 2.35. The number of hydrogen-bond acceptors (Lipinski definition) is 3. The summed E-state index contributed by atoms with van der Waals surface area (Å²) in [6, 6.07) is 12.8. The van der Waals surface area contributed by atoms with Crippen molar-refractivity contribution < 1.29 is 9.84 Å². The van der Waals surface area contributed by atoms with Gasteiger partial charge in [-0.3, -0.25) is 0 Å². The average molecular weight is 332 g/mol. The quantitative estimate of drug-likeness (QED) is 0.901. The minimum atomic E-state index is 0.0797. The van der Waals surface area contributed by atoms with Gasteiger partial charge >= 0.3 is 0 Å². The molecule has 0 radical (unpaired) electrons. The zero-order chi connectivity index (χ0) is 14.7. The van der Waals surface area contributed by atoms with Gasteiger partial charge in [-0.2, -0.15) is 5.26 Å². The second-order valence-corrected chi connectivity index (χ2v) is 5.51. The lowest BCUT2D eigenvalue weighted by Gasteiger charge is -2.12. The maximum absolute atomic E-state index is 10.1. The molecule has 4 heteroatoms. The summed E-state index contributed by atoms with van der Waals surface area (Å²) < 4.78 is 6.15. The van der Waals surface area contributed by atoms with E-state index in [9.17, 15) is 5.11 Å². The highest BCUT2D eigenvalue weighted by Crippen LogP contribution is 2.37. The molecule has 0 fully saturated rings. The molecule has 102 valence electrons. The van der Waals surface area contributed by atoms with E-state index in [1.54, 1.807) is 12.1 Å². The van der Waals surface area contributed by atoms with Crippen LogP contribution in [0.1, 0.15) is 19.4 Å². The summed E-state index contributed by atoms with van der Waals surface area (Å²) in [7, 11) is 0. The van der Waals surface area contributed by atoms with Gasteiger partial charge in [0.05, 0.1) is 22.2 Å². The van der Waals surface area contributed by atoms with Gasteiger partial charge in [-0.1, -0.05) is 12.1 Å². The molecule has 0 saturated carbocycles. The van der Waals surface area contributed by atoms with E-state index in [0.29, 0.717) is 15.6 Å². The lowest BCUT2D eigenvalue weighted by atomic mass is 10.0. The lowest BCUT2D eigenvalue weighted by Crippen LogP contribution is -2.05. The van der Waals surface area contributed by atoms with Crippen molar-refractivity contribution >= 4 is 15.9 Å². The van der Waals surface area contributed by atoms with Crippen molar-refractivity contribution in [2.75, 3.05) is 0 Å². The highest BCUT2D eigenvalue weighted by molar-refractivity contribution is 9.10. The van der Waals surface area contributed by atoms with Gasteiger partial charge in [0, 0.05) is 5.56 Å². The van der Waals surface area contributed by atoms with E-state index in [2.05, 4.69) is 22.0 Å². The van der Waals surface area contributed by atoms with Gasteiger partial charge in [-0.15, -0.1) is 0 Å². The summed E-state index contributed by atoms with van der Waals surface area (Å²) in [6.07, 6.45) is 0.0797. The third-order valence-electron chi connectivity index (χ3n) is 2.71. The molecule has 0 aliphatic heterocycles. The molecule has 0 aliphatic rings. The van der Waals surface area contributed by atoms with E-state index >= 15 is 0 Å². The Morgan fingerprint density at radius 2 is 2.00 bits per heavy atom. The smallest absolute Gasteiger partial charge is 0.137 e. The van der Waals surface area contributed by atoms with Crippen molar-refractivity contribution in [2.45, 2.75) is 20.0 Å². The zero-order valence-electron chi connectivity index (χ0n) is 11.2. The second kappa shape index (κ2) is 5.98. The molecule has 0 heterocycles. The number of ether oxygens (including phenoxy) is 1. The Balaban J connectivity index is 2.51. The van der Waals surface area contributed by atoms with Crippen molar-refractivity contribution in [2.24, 2.45) is 0 Å². The summed E-state index contributed by atoms with van der Waals surface area (Å²) in [5.74, 6) is 0.848. The van der Waals surface area contributed by atoms with Crippen LogP contribution in [0.25, 0.3) is 11.1 Å². The highest BCUT2D eigenvalue weighted by Gasteiger charge is 2.11. The van der Waals surface area contributed by atoms with Gasteiger partial charge in [-0.25, -0.2) is 0 Å². The summed E-state index contributed by atoms with van der Waals surface area (Å²) in [4.78, 5) is 0. The summed E-state index contributed by atoms with van der Waals surface area (Å²) in [6.45, 7) is 3.91. The Bertz CT molecular complexity index is 675. The van der Waals surface area contributed by atoms with Crippen LogP contribution >= 0.6 is 15.9 Å². The summed E-state index contributed by atoms with van der Waals surface area (Å²) >= 11 is 3.26. The van der Waals surface area contributed by atoms with Crippen LogP contribution in [0.4, 0.5) is 0 Å². The first-order chi connectivity index (χ1) is 9.51. The van der Waals surface area contributed by atoms with Crippen LogP contribution in [0.15, 0.2) is 40.9 Å². The number of halogens is 1. The Hall–Kier alpha value is -1.99. The van der Waals surface area contributed by atoms with Crippen LogP contribution in [-0.4, -0.2) is 11.2 Å². The molecular formula is C16H14BrNO2. The molecule has 0 atom stereocenters. The fourth-order valence-electron chi connectivity index (χ4n) is 1.89. The first kappa shape index (κ1) is 14.4. The number of nitriles is 1. The van der Waals surface area contributed by atoms with Gasteiger partial charge in [-0.05, 0) is 59.6 Å². The minimum Gasteiger partial charge on any atom is -0.506 e.